The molecule has 3 N–H and O–H groups in total. The first kappa shape index (κ1) is 20.6. The van der Waals surface area contributed by atoms with Gasteiger partial charge in [-0.1, -0.05) is 42.0 Å². The van der Waals surface area contributed by atoms with Crippen LogP contribution in [0.1, 0.15) is 21.6 Å². The second-order valence-corrected chi connectivity index (χ2v) is 7.01. The third-order valence-electron chi connectivity index (χ3n) is 4.85. The summed E-state index contributed by atoms with van der Waals surface area (Å²) in [5.41, 5.74) is 3.19. The molecule has 2 amide bonds. The summed E-state index contributed by atoms with van der Waals surface area (Å²) in [7, 11) is 2.74. The maximum absolute atomic E-state index is 12.9. The monoisotopic (exact) mass is 395 g/mol. The minimum absolute atomic E-state index is 0.288. The number of aromatic amines is 1. The Hall–Kier alpha value is -3.16. The molecule has 1 aromatic heterocycles. The molecule has 0 spiro atoms. The van der Waals surface area contributed by atoms with Crippen LogP contribution >= 0.6 is 0 Å². The van der Waals surface area contributed by atoms with Crippen LogP contribution in [0.15, 0.2) is 54.6 Å². The quantitative estimate of drug-likeness (QED) is 0.535. The highest BCUT2D eigenvalue weighted by Gasteiger charge is 2.31. The van der Waals surface area contributed by atoms with Crippen molar-refractivity contribution in [1.82, 2.24) is 15.4 Å². The van der Waals surface area contributed by atoms with E-state index in [1.165, 1.54) is 14.2 Å². The summed E-state index contributed by atoms with van der Waals surface area (Å²) in [4.78, 5) is 33.2. The summed E-state index contributed by atoms with van der Waals surface area (Å²) in [5.74, 6) is -1.03. The van der Waals surface area contributed by atoms with Gasteiger partial charge >= 0.3 is 0 Å². The molecule has 152 valence electrons. The van der Waals surface area contributed by atoms with Gasteiger partial charge in [-0.2, -0.15) is 0 Å². The minimum atomic E-state index is -1.46. The molecular weight excluding hydrogens is 370 g/mol. The number of nitrogens with zero attached hydrogens (tertiary/aromatic N) is 1. The first-order valence-electron chi connectivity index (χ1n) is 9.33. The number of fused-ring (bicyclic) bond motifs is 1. The number of hydrogen-bond donors (Lipinski definition) is 3. The SMILES string of the molecule is CON(C)C(=O)[C@H](O)[C@H](Cc1ccccc1)NC(=O)c1cc2cc(C)ccc2[nH]1. The summed E-state index contributed by atoms with van der Waals surface area (Å²) in [6, 6.07) is 16.1. The zero-order valence-electron chi connectivity index (χ0n) is 16.7. The van der Waals surface area contributed by atoms with Crippen molar-refractivity contribution in [2.24, 2.45) is 0 Å². The number of aliphatic hydroxyl groups is 1. The van der Waals surface area contributed by atoms with E-state index in [1.807, 2.05) is 55.5 Å². The van der Waals surface area contributed by atoms with Gasteiger partial charge in [-0.15, -0.1) is 0 Å². The molecule has 0 radical (unpaired) electrons. The summed E-state index contributed by atoms with van der Waals surface area (Å²) in [5, 5.41) is 15.3. The van der Waals surface area contributed by atoms with E-state index < -0.39 is 24.0 Å². The molecule has 3 aromatic rings. The van der Waals surface area contributed by atoms with E-state index in [-0.39, 0.29) is 6.42 Å². The fourth-order valence-electron chi connectivity index (χ4n) is 3.18. The fourth-order valence-corrected chi connectivity index (χ4v) is 3.18. The van der Waals surface area contributed by atoms with E-state index in [1.54, 1.807) is 6.07 Å². The predicted molar refractivity (Wildman–Crippen MR) is 110 cm³/mol. The van der Waals surface area contributed by atoms with Gasteiger partial charge in [0, 0.05) is 18.0 Å². The summed E-state index contributed by atoms with van der Waals surface area (Å²) in [6.07, 6.45) is -1.17. The molecule has 3 rings (SSSR count). The molecular formula is C22H25N3O4. The van der Waals surface area contributed by atoms with Crippen molar-refractivity contribution >= 4 is 22.7 Å². The molecule has 7 nitrogen and oxygen atoms in total. The average Bonchev–Trinajstić information content (AvgIpc) is 3.15. The van der Waals surface area contributed by atoms with E-state index in [9.17, 15) is 14.7 Å². The first-order chi connectivity index (χ1) is 13.9. The first-order valence-corrected chi connectivity index (χ1v) is 9.33. The predicted octanol–water partition coefficient (Wildman–Crippen LogP) is 2.20. The number of carbonyl (C=O) groups is 2. The van der Waals surface area contributed by atoms with Gasteiger partial charge in [-0.25, -0.2) is 5.06 Å². The maximum atomic E-state index is 12.9. The number of aromatic nitrogens is 1. The van der Waals surface area contributed by atoms with Crippen molar-refractivity contribution < 1.29 is 19.5 Å². The standard InChI is InChI=1S/C22H25N3O4/c1-14-9-10-17-16(11-14)13-19(23-17)21(27)24-18(12-15-7-5-4-6-8-15)20(26)22(28)25(2)29-3/h4-11,13,18,20,23,26H,12H2,1-3H3,(H,24,27)/t18-,20+/m0/s1. The second-order valence-electron chi connectivity index (χ2n) is 7.01. The molecule has 0 aliphatic rings. The van der Waals surface area contributed by atoms with E-state index >= 15 is 0 Å². The normalized spacial score (nSPS) is 13.1. The Morgan fingerprint density at radius 1 is 1.17 bits per heavy atom. The van der Waals surface area contributed by atoms with Crippen LogP contribution in [0.2, 0.25) is 0 Å². The van der Waals surface area contributed by atoms with E-state index in [0.717, 1.165) is 27.1 Å². The number of H-pyrrole nitrogens is 1. The molecule has 1 heterocycles. The van der Waals surface area contributed by atoms with Gasteiger partial charge in [0.2, 0.25) is 0 Å². The number of likely N-dealkylation sites (N-methyl/N-ethyl adjacent to an activating group) is 1. The molecule has 0 saturated carbocycles. The molecule has 2 atom stereocenters. The van der Waals surface area contributed by atoms with Crippen LogP contribution in [-0.2, 0) is 16.1 Å². The van der Waals surface area contributed by atoms with Gasteiger partial charge in [0.1, 0.15) is 5.69 Å². The molecule has 0 saturated heterocycles. The lowest BCUT2D eigenvalue weighted by molar-refractivity contribution is -0.179. The zero-order valence-corrected chi connectivity index (χ0v) is 16.7. The molecule has 0 aliphatic carbocycles. The van der Waals surface area contributed by atoms with E-state index in [0.29, 0.717) is 5.69 Å². The second kappa shape index (κ2) is 8.89. The third-order valence-corrected chi connectivity index (χ3v) is 4.85. The Bertz CT molecular complexity index is 1000. The van der Waals surface area contributed by atoms with Crippen LogP contribution in [0.4, 0.5) is 0 Å². The van der Waals surface area contributed by atoms with Crippen molar-refractivity contribution in [1.29, 1.82) is 0 Å². The highest BCUT2D eigenvalue weighted by molar-refractivity contribution is 5.98. The Morgan fingerprint density at radius 3 is 2.59 bits per heavy atom. The van der Waals surface area contributed by atoms with Gasteiger partial charge in [0.25, 0.3) is 11.8 Å². The molecule has 29 heavy (non-hydrogen) atoms. The lowest BCUT2D eigenvalue weighted by Gasteiger charge is -2.26. The Balaban J connectivity index is 1.84. The molecule has 0 bridgehead atoms. The lowest BCUT2D eigenvalue weighted by atomic mass is 10.0. The van der Waals surface area contributed by atoms with Crippen LogP contribution < -0.4 is 5.32 Å². The topological polar surface area (TPSA) is 94.7 Å². The molecule has 2 aromatic carbocycles. The van der Waals surface area contributed by atoms with Crippen LogP contribution in [0.25, 0.3) is 10.9 Å². The van der Waals surface area contributed by atoms with Gasteiger partial charge in [-0.05, 0) is 37.1 Å². The maximum Gasteiger partial charge on any atom is 0.276 e. The van der Waals surface area contributed by atoms with E-state index in [2.05, 4.69) is 10.3 Å². The molecule has 0 fully saturated rings. The lowest BCUT2D eigenvalue weighted by Crippen LogP contribution is -2.51. The summed E-state index contributed by atoms with van der Waals surface area (Å²) in [6.45, 7) is 1.98. The fraction of sp³-hybridized carbons (Fsp3) is 0.273. The third kappa shape index (κ3) is 4.82. The number of carbonyl (C=O) groups excluding carboxylic acids is 2. The Labute approximate surface area is 169 Å². The van der Waals surface area contributed by atoms with Crippen LogP contribution in [0, 0.1) is 6.92 Å². The number of rotatable bonds is 7. The number of benzene rings is 2. The van der Waals surface area contributed by atoms with Crippen LogP contribution in [0.5, 0.6) is 0 Å². The number of nitrogens with one attached hydrogen (secondary N) is 2. The number of aliphatic hydroxyl groups excluding tert-OH is 1. The largest absolute Gasteiger partial charge is 0.381 e. The number of amides is 2. The molecule has 0 unspecified atom stereocenters. The van der Waals surface area contributed by atoms with Crippen molar-refractivity contribution in [2.45, 2.75) is 25.5 Å². The minimum Gasteiger partial charge on any atom is -0.381 e. The smallest absolute Gasteiger partial charge is 0.276 e. The highest BCUT2D eigenvalue weighted by Crippen LogP contribution is 2.17. The van der Waals surface area contributed by atoms with Crippen LogP contribution in [-0.4, -0.2) is 53.3 Å². The number of hydrogen-bond acceptors (Lipinski definition) is 4. The summed E-state index contributed by atoms with van der Waals surface area (Å²) < 4.78 is 0. The van der Waals surface area contributed by atoms with Gasteiger partial charge in [0.15, 0.2) is 6.10 Å². The van der Waals surface area contributed by atoms with E-state index in [4.69, 9.17) is 4.84 Å². The van der Waals surface area contributed by atoms with Crippen molar-refractivity contribution in [3.05, 3.63) is 71.4 Å². The summed E-state index contributed by atoms with van der Waals surface area (Å²) >= 11 is 0. The Morgan fingerprint density at radius 2 is 1.90 bits per heavy atom. The van der Waals surface area contributed by atoms with Crippen molar-refractivity contribution in [3.63, 3.8) is 0 Å². The van der Waals surface area contributed by atoms with Gasteiger partial charge < -0.3 is 15.4 Å². The van der Waals surface area contributed by atoms with Crippen LogP contribution in [0.3, 0.4) is 0 Å². The molecule has 0 aliphatic heterocycles. The zero-order chi connectivity index (χ0) is 21.0. The number of hydroxylamine groups is 2. The average molecular weight is 395 g/mol. The Kier molecular flexibility index (Phi) is 6.31. The number of aryl methyl sites for hydroxylation is 1. The van der Waals surface area contributed by atoms with Gasteiger partial charge in [-0.3, -0.25) is 14.4 Å². The van der Waals surface area contributed by atoms with Crippen molar-refractivity contribution in [3.8, 4) is 0 Å². The van der Waals surface area contributed by atoms with Crippen molar-refractivity contribution in [2.75, 3.05) is 14.2 Å². The highest BCUT2D eigenvalue weighted by atomic mass is 16.7. The van der Waals surface area contributed by atoms with Gasteiger partial charge in [0.05, 0.1) is 13.2 Å². The molecule has 7 heteroatoms.